The molecule has 3 aromatic heterocycles. The predicted octanol–water partition coefficient (Wildman–Crippen LogP) is 7.70. The number of hydrogen-bond acceptors (Lipinski definition) is 6. The van der Waals surface area contributed by atoms with E-state index in [1.807, 2.05) is 17.0 Å². The van der Waals surface area contributed by atoms with Crippen LogP contribution < -0.4 is 10.7 Å². The van der Waals surface area contributed by atoms with Gasteiger partial charge in [0.05, 0.1) is 39.1 Å². The number of H-pyrrole nitrogens is 1. The summed E-state index contributed by atoms with van der Waals surface area (Å²) in [6.07, 6.45) is 3.52. The van der Waals surface area contributed by atoms with Gasteiger partial charge < -0.3 is 4.57 Å². The summed E-state index contributed by atoms with van der Waals surface area (Å²) in [5.74, 6) is 1.77. The van der Waals surface area contributed by atoms with Crippen LogP contribution in [0.4, 0.5) is 17.3 Å². The zero-order chi connectivity index (χ0) is 31.7. The Morgan fingerprint density at radius 2 is 1.70 bits per heavy atom. The molecule has 1 aliphatic heterocycles. The highest BCUT2D eigenvalue weighted by Gasteiger charge is 2.29. The number of imidazole rings is 2. The fourth-order valence-electron chi connectivity index (χ4n) is 7.30. The predicted molar refractivity (Wildman–Crippen MR) is 182 cm³/mol. The average molecular weight is 610 g/mol. The van der Waals surface area contributed by atoms with Gasteiger partial charge in [-0.05, 0) is 109 Å². The van der Waals surface area contributed by atoms with E-state index in [0.29, 0.717) is 5.95 Å². The number of nitrogens with zero attached hydrogens (tertiary/aromatic N) is 6. The van der Waals surface area contributed by atoms with Crippen molar-refractivity contribution in [1.29, 1.82) is 0 Å². The van der Waals surface area contributed by atoms with Gasteiger partial charge in [0.1, 0.15) is 11.6 Å². The molecule has 0 fully saturated rings. The molecule has 7 aromatic rings. The Morgan fingerprint density at radius 3 is 2.48 bits per heavy atom. The number of aryl methyl sites for hydroxylation is 5. The Morgan fingerprint density at radius 1 is 0.891 bits per heavy atom. The largest absolute Gasteiger partial charge is 0.440 e. The zero-order valence-electron chi connectivity index (χ0n) is 26.7. The molecule has 4 heterocycles. The van der Waals surface area contributed by atoms with E-state index >= 15 is 0 Å². The Hall–Kier alpha value is -5.44. The molecular weight excluding hydrogens is 574 g/mol. The molecule has 0 aliphatic carbocycles. The first-order valence-electron chi connectivity index (χ1n) is 15.8. The highest BCUT2D eigenvalue weighted by Crippen LogP contribution is 2.44. The molecule has 1 aliphatic rings. The van der Waals surface area contributed by atoms with Crippen LogP contribution in [0.5, 0.6) is 0 Å². The SMILES string of the molecule is CCCc1nc2c(C)cc(-c3nc4ccccc4n3C)cc2n1-c1c(C)cc2c(c1C)CCc1ccccc1N2c1noc(=O)[nH]1. The van der Waals surface area contributed by atoms with Crippen molar-refractivity contribution in [2.75, 3.05) is 4.90 Å². The van der Waals surface area contributed by atoms with Crippen LogP contribution in [0.1, 0.15) is 47.0 Å². The normalized spacial score (nSPS) is 12.9. The lowest BCUT2D eigenvalue weighted by Gasteiger charge is -2.27. The van der Waals surface area contributed by atoms with Crippen LogP contribution in [0.15, 0.2) is 76.0 Å². The van der Waals surface area contributed by atoms with E-state index in [1.165, 1.54) is 16.7 Å². The number of nitrogens with one attached hydrogen (secondary N) is 1. The van der Waals surface area contributed by atoms with Gasteiger partial charge in [0.15, 0.2) is 0 Å². The third kappa shape index (κ3) is 4.22. The minimum atomic E-state index is -0.579. The number of hydrogen-bond donors (Lipinski definition) is 1. The Balaban J connectivity index is 1.38. The van der Waals surface area contributed by atoms with E-state index in [4.69, 9.17) is 14.5 Å². The van der Waals surface area contributed by atoms with Crippen molar-refractivity contribution in [2.24, 2.45) is 7.05 Å². The summed E-state index contributed by atoms with van der Waals surface area (Å²) in [6, 6.07) is 23.2. The van der Waals surface area contributed by atoms with E-state index in [1.54, 1.807) is 0 Å². The van der Waals surface area contributed by atoms with Crippen LogP contribution in [-0.4, -0.2) is 29.2 Å². The second-order valence-corrected chi connectivity index (χ2v) is 12.3. The summed E-state index contributed by atoms with van der Waals surface area (Å²) >= 11 is 0. The molecule has 0 saturated heterocycles. The van der Waals surface area contributed by atoms with Crippen LogP contribution in [0, 0.1) is 20.8 Å². The van der Waals surface area contributed by atoms with E-state index in [2.05, 4.69) is 109 Å². The minimum absolute atomic E-state index is 0.370. The van der Waals surface area contributed by atoms with Gasteiger partial charge in [-0.15, -0.1) is 0 Å². The molecule has 1 N–H and O–H groups in total. The van der Waals surface area contributed by atoms with Crippen LogP contribution in [0.2, 0.25) is 0 Å². The first-order chi connectivity index (χ1) is 22.3. The van der Waals surface area contributed by atoms with Crippen molar-refractivity contribution < 1.29 is 4.52 Å². The molecule has 0 amide bonds. The summed E-state index contributed by atoms with van der Waals surface area (Å²) in [5.41, 5.74) is 14.2. The Kier molecular flexibility index (Phi) is 6.45. The van der Waals surface area contributed by atoms with Crippen LogP contribution >= 0.6 is 0 Å². The maximum Gasteiger partial charge on any atom is 0.440 e. The quantitative estimate of drug-likeness (QED) is 0.215. The smallest absolute Gasteiger partial charge is 0.327 e. The minimum Gasteiger partial charge on any atom is -0.327 e. The van der Waals surface area contributed by atoms with E-state index in [0.717, 1.165) is 93.2 Å². The molecule has 230 valence electrons. The van der Waals surface area contributed by atoms with Crippen LogP contribution in [0.3, 0.4) is 0 Å². The zero-order valence-corrected chi connectivity index (χ0v) is 26.7. The molecule has 46 heavy (non-hydrogen) atoms. The fraction of sp³-hybridized carbons (Fsp3) is 0.243. The van der Waals surface area contributed by atoms with Crippen molar-refractivity contribution >= 4 is 39.4 Å². The van der Waals surface area contributed by atoms with Crippen molar-refractivity contribution in [3.05, 3.63) is 111 Å². The van der Waals surface area contributed by atoms with Crippen LogP contribution in [-0.2, 0) is 26.3 Å². The Bertz CT molecular complexity index is 2370. The van der Waals surface area contributed by atoms with Gasteiger partial charge in [0, 0.05) is 19.0 Å². The van der Waals surface area contributed by atoms with Gasteiger partial charge >= 0.3 is 5.76 Å². The molecule has 8 rings (SSSR count). The van der Waals surface area contributed by atoms with Crippen LogP contribution in [0.25, 0.3) is 39.1 Å². The van der Waals surface area contributed by atoms with Crippen molar-refractivity contribution in [3.63, 3.8) is 0 Å². The molecule has 4 aromatic carbocycles. The molecule has 0 bridgehead atoms. The third-order valence-electron chi connectivity index (χ3n) is 9.37. The molecular formula is C37H35N7O2. The van der Waals surface area contributed by atoms with Gasteiger partial charge in [-0.25, -0.2) is 14.8 Å². The molecule has 0 spiro atoms. The van der Waals surface area contributed by atoms with Gasteiger partial charge in [-0.1, -0.05) is 37.3 Å². The molecule has 0 saturated carbocycles. The highest BCUT2D eigenvalue weighted by molar-refractivity contribution is 5.89. The summed E-state index contributed by atoms with van der Waals surface area (Å²) in [4.78, 5) is 27.2. The molecule has 0 atom stereocenters. The lowest BCUT2D eigenvalue weighted by molar-refractivity contribution is 0.387. The summed E-state index contributed by atoms with van der Waals surface area (Å²) in [5, 5.41) is 4.12. The standard InChI is InChI=1S/C37H35N7O2/c1-6-11-32-39-33-21(2)18-25(35-38-27-13-8-10-15-29(27)42(35)5)20-31(33)44(32)34-22(3)19-30-26(23(34)4)17-16-24-12-7-9-14-28(24)43(30)36-40-37(45)46-41-36/h7-10,12-15,18-20H,6,11,16-17H2,1-5H3,(H,40,41,45). The van der Waals surface area contributed by atoms with Gasteiger partial charge in [-0.3, -0.25) is 19.0 Å². The second-order valence-electron chi connectivity index (χ2n) is 12.3. The maximum absolute atomic E-state index is 12.1. The molecule has 0 unspecified atom stereocenters. The number of benzene rings is 4. The average Bonchev–Trinajstić information content (AvgIpc) is 3.70. The molecule has 0 radical (unpaired) electrons. The summed E-state index contributed by atoms with van der Waals surface area (Å²) < 4.78 is 9.53. The fourth-order valence-corrected chi connectivity index (χ4v) is 7.30. The molecule has 9 nitrogen and oxygen atoms in total. The Labute approximate surface area is 266 Å². The number of aromatic amines is 1. The van der Waals surface area contributed by atoms with Gasteiger partial charge in [-0.2, -0.15) is 0 Å². The number of anilines is 3. The summed E-state index contributed by atoms with van der Waals surface area (Å²) in [6.45, 7) is 8.72. The first kappa shape index (κ1) is 28.1. The second kappa shape index (κ2) is 10.6. The van der Waals surface area contributed by atoms with Crippen molar-refractivity contribution in [3.8, 4) is 17.1 Å². The van der Waals surface area contributed by atoms with Gasteiger partial charge in [0.2, 0.25) is 0 Å². The topological polar surface area (TPSA) is 97.8 Å². The van der Waals surface area contributed by atoms with Crippen molar-refractivity contribution in [1.82, 2.24) is 29.2 Å². The highest BCUT2D eigenvalue weighted by atomic mass is 16.5. The first-order valence-corrected chi connectivity index (χ1v) is 15.8. The van der Waals surface area contributed by atoms with E-state index < -0.39 is 5.76 Å². The van der Waals surface area contributed by atoms with E-state index in [9.17, 15) is 4.79 Å². The number of aromatic nitrogens is 6. The third-order valence-corrected chi connectivity index (χ3v) is 9.37. The maximum atomic E-state index is 12.1. The lowest BCUT2D eigenvalue weighted by atomic mass is 9.95. The van der Waals surface area contributed by atoms with Crippen molar-refractivity contribution in [2.45, 2.75) is 53.4 Å². The number of rotatable bonds is 5. The monoisotopic (exact) mass is 609 g/mol. The number of fused-ring (bicyclic) bond motifs is 4. The number of para-hydroxylation sites is 3. The van der Waals surface area contributed by atoms with Gasteiger partial charge in [0.25, 0.3) is 5.95 Å². The lowest BCUT2D eigenvalue weighted by Crippen LogP contribution is -2.16. The summed E-state index contributed by atoms with van der Waals surface area (Å²) in [7, 11) is 2.08. The van der Waals surface area contributed by atoms with E-state index in [-0.39, 0.29) is 0 Å². The molecule has 9 heteroatoms.